The minimum atomic E-state index is -0.378. The number of rotatable bonds is 6. The Hall–Kier alpha value is -2.27. The number of pyridine rings is 1. The summed E-state index contributed by atoms with van der Waals surface area (Å²) >= 11 is 0. The Morgan fingerprint density at radius 2 is 2.11 bits per heavy atom. The molecule has 0 fully saturated rings. The van der Waals surface area contributed by atoms with Gasteiger partial charge in [-0.2, -0.15) is 0 Å². The third-order valence-electron chi connectivity index (χ3n) is 2.73. The summed E-state index contributed by atoms with van der Waals surface area (Å²) in [7, 11) is 0. The minimum Gasteiger partial charge on any atom is -0.312 e. The summed E-state index contributed by atoms with van der Waals surface area (Å²) in [4.78, 5) is 14.5. The second-order valence-electron chi connectivity index (χ2n) is 4.17. The molecule has 5 nitrogen and oxygen atoms in total. The van der Waals surface area contributed by atoms with E-state index in [4.69, 9.17) is 0 Å². The first-order chi connectivity index (χ1) is 9.25. The highest BCUT2D eigenvalue weighted by molar-refractivity contribution is 5.34. The first-order valence-electron chi connectivity index (χ1n) is 6.09. The molecule has 0 aliphatic rings. The second kappa shape index (κ2) is 6.61. The van der Waals surface area contributed by atoms with Crippen molar-refractivity contribution >= 4 is 5.69 Å². The van der Waals surface area contributed by atoms with Crippen LogP contribution in [-0.2, 0) is 13.0 Å². The van der Waals surface area contributed by atoms with Crippen LogP contribution >= 0.6 is 0 Å². The van der Waals surface area contributed by atoms with E-state index in [0.717, 1.165) is 24.2 Å². The molecule has 0 radical (unpaired) electrons. The molecule has 0 bridgehead atoms. The van der Waals surface area contributed by atoms with E-state index in [2.05, 4.69) is 10.3 Å². The second-order valence-corrected chi connectivity index (χ2v) is 4.17. The number of nitro benzene ring substituents is 1. The van der Waals surface area contributed by atoms with E-state index < -0.39 is 0 Å². The Labute approximate surface area is 111 Å². The molecule has 1 aromatic carbocycles. The largest absolute Gasteiger partial charge is 0.312 e. The molecule has 1 heterocycles. The summed E-state index contributed by atoms with van der Waals surface area (Å²) in [5.74, 6) is 0. The van der Waals surface area contributed by atoms with Crippen LogP contribution in [0.25, 0.3) is 0 Å². The maximum atomic E-state index is 10.6. The molecular formula is C14H15N3O2. The van der Waals surface area contributed by atoms with Crippen LogP contribution in [0, 0.1) is 10.1 Å². The Kier molecular flexibility index (Phi) is 4.58. The molecule has 0 aliphatic heterocycles. The van der Waals surface area contributed by atoms with Gasteiger partial charge in [0, 0.05) is 43.5 Å². The van der Waals surface area contributed by atoms with Gasteiger partial charge in [0.05, 0.1) is 4.92 Å². The quantitative estimate of drug-likeness (QED) is 0.490. The van der Waals surface area contributed by atoms with E-state index in [1.165, 1.54) is 6.07 Å². The van der Waals surface area contributed by atoms with Crippen LogP contribution < -0.4 is 5.32 Å². The SMILES string of the molecule is O=[N+]([O-])c1cccc(CNCCc2ccccn2)c1. The van der Waals surface area contributed by atoms with Gasteiger partial charge in [0.1, 0.15) is 0 Å². The van der Waals surface area contributed by atoms with Gasteiger partial charge in [-0.05, 0) is 17.7 Å². The van der Waals surface area contributed by atoms with Gasteiger partial charge in [-0.1, -0.05) is 18.2 Å². The number of nitrogens with one attached hydrogen (secondary N) is 1. The van der Waals surface area contributed by atoms with Crippen molar-refractivity contribution in [2.24, 2.45) is 0 Å². The Balaban J connectivity index is 1.80. The van der Waals surface area contributed by atoms with E-state index in [1.807, 2.05) is 24.3 Å². The topological polar surface area (TPSA) is 68.1 Å². The molecule has 5 heteroatoms. The van der Waals surface area contributed by atoms with Crippen LogP contribution in [-0.4, -0.2) is 16.5 Å². The molecule has 98 valence electrons. The monoisotopic (exact) mass is 257 g/mol. The molecule has 0 unspecified atom stereocenters. The van der Waals surface area contributed by atoms with Gasteiger partial charge in [0.25, 0.3) is 5.69 Å². The molecule has 19 heavy (non-hydrogen) atoms. The molecule has 2 rings (SSSR count). The van der Waals surface area contributed by atoms with Crippen LogP contribution in [0.5, 0.6) is 0 Å². The van der Waals surface area contributed by atoms with E-state index in [0.29, 0.717) is 6.54 Å². The van der Waals surface area contributed by atoms with Crippen LogP contribution in [0.3, 0.4) is 0 Å². The van der Waals surface area contributed by atoms with Gasteiger partial charge < -0.3 is 5.32 Å². The Morgan fingerprint density at radius 3 is 2.84 bits per heavy atom. The number of non-ortho nitro benzene ring substituents is 1. The molecule has 1 N–H and O–H groups in total. The highest BCUT2D eigenvalue weighted by Crippen LogP contribution is 2.12. The predicted octanol–water partition coefficient (Wildman–Crippen LogP) is 2.32. The third-order valence-corrected chi connectivity index (χ3v) is 2.73. The lowest BCUT2D eigenvalue weighted by Gasteiger charge is -2.04. The molecule has 0 spiro atoms. The summed E-state index contributed by atoms with van der Waals surface area (Å²) in [5, 5.41) is 13.9. The molecule has 0 saturated carbocycles. The molecule has 0 saturated heterocycles. The lowest BCUT2D eigenvalue weighted by atomic mass is 10.2. The number of nitrogens with zero attached hydrogens (tertiary/aromatic N) is 2. The van der Waals surface area contributed by atoms with Crippen molar-refractivity contribution in [2.45, 2.75) is 13.0 Å². The molecule has 2 aromatic rings. The number of nitro groups is 1. The summed E-state index contributed by atoms with van der Waals surface area (Å²) in [6.45, 7) is 1.41. The summed E-state index contributed by atoms with van der Waals surface area (Å²) in [5.41, 5.74) is 2.08. The Morgan fingerprint density at radius 1 is 1.21 bits per heavy atom. The van der Waals surface area contributed by atoms with Gasteiger partial charge in [0.15, 0.2) is 0 Å². The predicted molar refractivity (Wildman–Crippen MR) is 72.7 cm³/mol. The smallest absolute Gasteiger partial charge is 0.269 e. The number of hydrogen-bond donors (Lipinski definition) is 1. The number of hydrogen-bond acceptors (Lipinski definition) is 4. The zero-order valence-electron chi connectivity index (χ0n) is 10.5. The highest BCUT2D eigenvalue weighted by Gasteiger charge is 2.04. The molecule has 0 amide bonds. The fourth-order valence-electron chi connectivity index (χ4n) is 1.78. The fraction of sp³-hybridized carbons (Fsp3) is 0.214. The van der Waals surface area contributed by atoms with Crippen molar-refractivity contribution in [3.8, 4) is 0 Å². The lowest BCUT2D eigenvalue weighted by Crippen LogP contribution is -2.17. The summed E-state index contributed by atoms with van der Waals surface area (Å²) < 4.78 is 0. The van der Waals surface area contributed by atoms with Crippen LogP contribution in [0.15, 0.2) is 48.7 Å². The number of aromatic nitrogens is 1. The van der Waals surface area contributed by atoms with Gasteiger partial charge in [-0.15, -0.1) is 0 Å². The first kappa shape index (κ1) is 13.2. The van der Waals surface area contributed by atoms with Crippen molar-refractivity contribution < 1.29 is 4.92 Å². The van der Waals surface area contributed by atoms with E-state index >= 15 is 0 Å². The average molecular weight is 257 g/mol. The highest BCUT2D eigenvalue weighted by atomic mass is 16.6. The van der Waals surface area contributed by atoms with Crippen molar-refractivity contribution in [2.75, 3.05) is 6.54 Å². The van der Waals surface area contributed by atoms with Crippen LogP contribution in [0.2, 0.25) is 0 Å². The summed E-state index contributed by atoms with van der Waals surface area (Å²) in [6.07, 6.45) is 2.62. The molecule has 0 aliphatic carbocycles. The van der Waals surface area contributed by atoms with Crippen LogP contribution in [0.4, 0.5) is 5.69 Å². The van der Waals surface area contributed by atoms with Crippen molar-refractivity contribution in [1.29, 1.82) is 0 Å². The minimum absolute atomic E-state index is 0.129. The molecule has 0 atom stereocenters. The lowest BCUT2D eigenvalue weighted by molar-refractivity contribution is -0.384. The van der Waals surface area contributed by atoms with Crippen LogP contribution in [0.1, 0.15) is 11.3 Å². The van der Waals surface area contributed by atoms with Crippen molar-refractivity contribution in [3.05, 3.63) is 70.0 Å². The summed E-state index contributed by atoms with van der Waals surface area (Å²) in [6, 6.07) is 12.5. The Bertz CT molecular complexity index is 543. The molecular weight excluding hydrogens is 242 g/mol. The first-order valence-corrected chi connectivity index (χ1v) is 6.09. The fourth-order valence-corrected chi connectivity index (χ4v) is 1.78. The molecule has 1 aromatic heterocycles. The standard InChI is InChI=1S/C14H15N3O2/c18-17(19)14-6-3-4-12(10-14)11-15-9-7-13-5-1-2-8-16-13/h1-6,8,10,15H,7,9,11H2. The maximum Gasteiger partial charge on any atom is 0.269 e. The normalized spacial score (nSPS) is 10.3. The van der Waals surface area contributed by atoms with Crippen molar-refractivity contribution in [3.63, 3.8) is 0 Å². The number of benzene rings is 1. The van der Waals surface area contributed by atoms with E-state index in [-0.39, 0.29) is 10.6 Å². The van der Waals surface area contributed by atoms with Crippen molar-refractivity contribution in [1.82, 2.24) is 10.3 Å². The van der Waals surface area contributed by atoms with Gasteiger partial charge >= 0.3 is 0 Å². The maximum absolute atomic E-state index is 10.6. The third kappa shape index (κ3) is 4.15. The van der Waals surface area contributed by atoms with Gasteiger partial charge in [-0.3, -0.25) is 15.1 Å². The van der Waals surface area contributed by atoms with Gasteiger partial charge in [-0.25, -0.2) is 0 Å². The van der Waals surface area contributed by atoms with E-state index in [1.54, 1.807) is 18.3 Å². The zero-order chi connectivity index (χ0) is 13.5. The van der Waals surface area contributed by atoms with Gasteiger partial charge in [0.2, 0.25) is 0 Å². The zero-order valence-corrected chi connectivity index (χ0v) is 10.5. The van der Waals surface area contributed by atoms with E-state index in [9.17, 15) is 10.1 Å². The average Bonchev–Trinajstić information content (AvgIpc) is 2.45.